The van der Waals surface area contributed by atoms with E-state index in [4.69, 9.17) is 14.2 Å². The molecule has 0 radical (unpaired) electrons. The predicted molar refractivity (Wildman–Crippen MR) is 213 cm³/mol. The number of pyridine rings is 3. The zero-order chi connectivity index (χ0) is 39.0. The lowest BCUT2D eigenvalue weighted by Gasteiger charge is -2.34. The van der Waals surface area contributed by atoms with E-state index in [2.05, 4.69) is 68.5 Å². The van der Waals surface area contributed by atoms with Crippen LogP contribution in [0.3, 0.4) is 0 Å². The molecule has 3 aliphatic rings. The lowest BCUT2D eigenvalue weighted by atomic mass is 9.92. The normalized spacial score (nSPS) is 18.8. The molecule has 6 aromatic rings. The van der Waals surface area contributed by atoms with Crippen LogP contribution in [0.1, 0.15) is 64.9 Å². The number of ether oxygens (including phenoxy) is 3. The Balaban J connectivity index is 0.700. The molecule has 2 aliphatic heterocycles. The van der Waals surface area contributed by atoms with Gasteiger partial charge in [0.1, 0.15) is 35.4 Å². The van der Waals surface area contributed by atoms with E-state index in [1.807, 2.05) is 48.9 Å². The molecule has 57 heavy (non-hydrogen) atoms. The van der Waals surface area contributed by atoms with Crippen LogP contribution in [0.25, 0.3) is 32.9 Å². The Bertz CT molecular complexity index is 2640. The van der Waals surface area contributed by atoms with Gasteiger partial charge in [-0.3, -0.25) is 24.3 Å². The second kappa shape index (κ2) is 14.9. The first-order valence-corrected chi connectivity index (χ1v) is 19.0. The quantitative estimate of drug-likeness (QED) is 0.0912. The van der Waals surface area contributed by atoms with Gasteiger partial charge in [0.15, 0.2) is 0 Å². The summed E-state index contributed by atoms with van der Waals surface area (Å²) in [6.45, 7) is 4.14. The van der Waals surface area contributed by atoms with Gasteiger partial charge in [-0.2, -0.15) is 0 Å². The van der Waals surface area contributed by atoms with E-state index < -0.39 is 23.8 Å². The zero-order valence-electron chi connectivity index (χ0n) is 31.2. The number of benzene rings is 2. The number of nitrogens with one attached hydrogen (secondary N) is 1. The molecule has 1 N–H and O–H groups in total. The molecule has 1 unspecified atom stereocenters. The summed E-state index contributed by atoms with van der Waals surface area (Å²) in [4.78, 5) is 52.9. The molecule has 12 nitrogen and oxygen atoms in total. The average Bonchev–Trinajstić information content (AvgIpc) is 3.64. The Morgan fingerprint density at radius 2 is 1.65 bits per heavy atom. The minimum atomic E-state index is -0.849. The Hall–Kier alpha value is -7.00. The number of nitrogens with zero attached hydrogens (tertiary/aromatic N) is 5. The molecule has 0 spiro atoms. The lowest BCUT2D eigenvalue weighted by molar-refractivity contribution is -0.125. The van der Waals surface area contributed by atoms with Crippen LogP contribution in [0.5, 0.6) is 17.4 Å². The van der Waals surface area contributed by atoms with Crippen LogP contribution in [0.15, 0.2) is 104 Å². The van der Waals surface area contributed by atoms with Crippen LogP contribution < -0.4 is 19.5 Å². The number of fused-ring (bicyclic) bond motifs is 4. The molecule has 1 atom stereocenters. The molecule has 6 heterocycles. The second-order valence-electron chi connectivity index (χ2n) is 14.5. The van der Waals surface area contributed by atoms with Crippen LogP contribution in [0.4, 0.5) is 0 Å². The topological polar surface area (TPSA) is 138 Å². The van der Waals surface area contributed by atoms with Crippen molar-refractivity contribution >= 4 is 39.5 Å². The van der Waals surface area contributed by atoms with Gasteiger partial charge in [-0.25, -0.2) is 9.97 Å². The summed E-state index contributed by atoms with van der Waals surface area (Å²) in [5.41, 5.74) is 6.16. The highest BCUT2D eigenvalue weighted by Crippen LogP contribution is 2.34. The molecule has 2 fully saturated rings. The number of unbranched alkanes of at least 4 members (excludes halogenated alkanes) is 1. The Morgan fingerprint density at radius 1 is 0.825 bits per heavy atom. The van der Waals surface area contributed by atoms with Crippen LogP contribution in [0, 0.1) is 11.8 Å². The number of aromatic nitrogens is 4. The summed E-state index contributed by atoms with van der Waals surface area (Å²) in [6.07, 6.45) is 11.0. The molecule has 2 aromatic carbocycles. The van der Waals surface area contributed by atoms with Gasteiger partial charge in [-0.1, -0.05) is 24.6 Å². The highest BCUT2D eigenvalue weighted by atomic mass is 16.5. The van der Waals surface area contributed by atoms with E-state index in [0.717, 1.165) is 45.3 Å². The van der Waals surface area contributed by atoms with Gasteiger partial charge < -0.3 is 24.1 Å². The first-order valence-electron chi connectivity index (χ1n) is 19.0. The van der Waals surface area contributed by atoms with E-state index in [9.17, 15) is 14.4 Å². The molecular weight excluding hydrogens is 721 g/mol. The van der Waals surface area contributed by atoms with Crippen molar-refractivity contribution < 1.29 is 28.6 Å². The van der Waals surface area contributed by atoms with Crippen LogP contribution in [0.2, 0.25) is 0 Å². The van der Waals surface area contributed by atoms with Crippen molar-refractivity contribution in [2.45, 2.75) is 56.8 Å². The number of amides is 3. The molecule has 0 bridgehead atoms. The molecule has 1 saturated carbocycles. The first kappa shape index (κ1) is 35.7. The Kier molecular flexibility index (Phi) is 9.34. The van der Waals surface area contributed by atoms with Crippen molar-refractivity contribution in [2.24, 2.45) is 7.05 Å². The van der Waals surface area contributed by atoms with Gasteiger partial charge in [-0.15, -0.1) is 0 Å². The monoisotopic (exact) mass is 758 g/mol. The highest BCUT2D eigenvalue weighted by molar-refractivity contribution is 6.23. The number of allylic oxidation sites excluding steroid dienone is 1. The van der Waals surface area contributed by atoms with Gasteiger partial charge in [-0.05, 0) is 79.3 Å². The molecule has 1 aliphatic carbocycles. The largest absolute Gasteiger partial charge is 0.494 e. The number of rotatable bonds is 10. The van der Waals surface area contributed by atoms with Crippen LogP contribution >= 0.6 is 0 Å². The fraction of sp³-hybridized carbons (Fsp3) is 0.244. The summed E-state index contributed by atoms with van der Waals surface area (Å²) >= 11 is 0. The molecular formula is C45H38N6O6. The highest BCUT2D eigenvalue weighted by Gasteiger charge is 2.44. The van der Waals surface area contributed by atoms with Gasteiger partial charge in [0.25, 0.3) is 11.8 Å². The zero-order valence-corrected chi connectivity index (χ0v) is 31.2. The maximum Gasteiger partial charge on any atom is 0.262 e. The summed E-state index contributed by atoms with van der Waals surface area (Å²) < 4.78 is 20.3. The van der Waals surface area contributed by atoms with E-state index in [1.165, 1.54) is 5.39 Å². The minimum Gasteiger partial charge on any atom is -0.494 e. The van der Waals surface area contributed by atoms with E-state index >= 15 is 0 Å². The van der Waals surface area contributed by atoms with Crippen molar-refractivity contribution in [1.29, 1.82) is 0 Å². The third kappa shape index (κ3) is 7.04. The molecule has 284 valence electrons. The van der Waals surface area contributed by atoms with E-state index in [-0.39, 0.29) is 23.3 Å². The van der Waals surface area contributed by atoms with Crippen molar-refractivity contribution in [3.63, 3.8) is 0 Å². The number of imide groups is 1. The molecule has 9 rings (SSSR count). The van der Waals surface area contributed by atoms with Gasteiger partial charge in [0.05, 0.1) is 29.4 Å². The van der Waals surface area contributed by atoms with Gasteiger partial charge >= 0.3 is 0 Å². The fourth-order valence-corrected chi connectivity index (χ4v) is 7.57. The summed E-state index contributed by atoms with van der Waals surface area (Å²) in [5, 5.41) is 4.97. The SMILES string of the molecule is C=C1CCC(N2C(=O)c3ccc(OCCCC#Cc4ccc(OC5CC(Oc6ccc(-c7ccc8c9cnccc9n(C)c8c7)cn6)C5)cn4)cc3C2=O)C(=O)N1. The van der Waals surface area contributed by atoms with Crippen molar-refractivity contribution in [3.8, 4) is 40.3 Å². The molecule has 3 amide bonds. The smallest absolute Gasteiger partial charge is 0.262 e. The van der Waals surface area contributed by atoms with Crippen molar-refractivity contribution in [3.05, 3.63) is 121 Å². The van der Waals surface area contributed by atoms with Gasteiger partial charge in [0, 0.05) is 78.5 Å². The van der Waals surface area contributed by atoms with Gasteiger partial charge in [0.2, 0.25) is 11.8 Å². The number of hydrogen-bond acceptors (Lipinski definition) is 9. The Labute approximate surface area is 328 Å². The number of carbonyl (C=O) groups excluding carboxylic acids is 3. The average molecular weight is 759 g/mol. The number of piperidine rings is 1. The number of hydrogen-bond donors (Lipinski definition) is 1. The minimum absolute atomic E-state index is 0.0356. The maximum atomic E-state index is 13.1. The summed E-state index contributed by atoms with van der Waals surface area (Å²) in [5.74, 6) is 6.60. The third-order valence-corrected chi connectivity index (χ3v) is 10.7. The molecule has 4 aromatic heterocycles. The number of carbonyl (C=O) groups is 3. The molecule has 12 heteroatoms. The summed E-state index contributed by atoms with van der Waals surface area (Å²) in [7, 11) is 2.08. The molecule has 1 saturated heterocycles. The van der Waals surface area contributed by atoms with Crippen molar-refractivity contribution in [1.82, 2.24) is 29.7 Å². The van der Waals surface area contributed by atoms with Crippen LogP contribution in [-0.2, 0) is 11.8 Å². The number of aryl methyl sites for hydroxylation is 1. The first-order chi connectivity index (χ1) is 27.8. The van der Waals surface area contributed by atoms with E-state index in [1.54, 1.807) is 24.4 Å². The van der Waals surface area contributed by atoms with Crippen LogP contribution in [-0.4, -0.2) is 67.0 Å². The predicted octanol–water partition coefficient (Wildman–Crippen LogP) is 6.77. The Morgan fingerprint density at radius 3 is 2.46 bits per heavy atom. The third-order valence-electron chi connectivity index (χ3n) is 10.7. The maximum absolute atomic E-state index is 13.1. The fourth-order valence-electron chi connectivity index (χ4n) is 7.57. The standard InChI is InChI=1S/C45H38N6O6/c1-27-7-15-40(43(52)49-27)51-44(53)36-14-12-31(23-37(36)45(51)54)55-19-5-3-4-6-30-10-11-32(25-47-30)56-33-21-34(22-33)57-42-16-9-29(24-48-42)28-8-13-35-38-26-46-18-17-39(38)50(2)41(35)20-28/h8-14,16-18,20,23-26,33-34,40H,1,3,5,7,15,19,21-22H2,2H3,(H,49,52). The second-order valence-corrected chi connectivity index (χ2v) is 14.5. The lowest BCUT2D eigenvalue weighted by Crippen LogP contribution is -2.51. The van der Waals surface area contributed by atoms with E-state index in [0.29, 0.717) is 61.1 Å². The summed E-state index contributed by atoms with van der Waals surface area (Å²) in [6, 6.07) is 20.1. The van der Waals surface area contributed by atoms with Crippen molar-refractivity contribution in [2.75, 3.05) is 6.61 Å².